The molecule has 1 saturated heterocycles. The number of halogens is 2. The molecule has 120 valence electrons. The Morgan fingerprint density at radius 3 is 2.91 bits per heavy atom. The largest absolute Gasteiger partial charge is 0.342 e. The lowest BCUT2D eigenvalue weighted by molar-refractivity contribution is -0.127. The van der Waals surface area contributed by atoms with Crippen molar-refractivity contribution in [3.8, 4) is 0 Å². The summed E-state index contributed by atoms with van der Waals surface area (Å²) in [5.41, 5.74) is 2.17. The van der Waals surface area contributed by atoms with Gasteiger partial charge in [0.15, 0.2) is 10.3 Å². The molecule has 0 unspecified atom stereocenters. The SMILES string of the molecule is CC(=O)N1CC[C@@]2(C1)CN(c1ncc(F)s1)c1ccc(Br)cc12. The number of fused-ring (bicyclic) bond motifs is 2. The standard InChI is InChI=1S/C16H15BrFN3OS/c1-10(22)20-5-4-16(8-20)9-21(15-19-7-14(18)23-15)13-3-2-11(17)6-12(13)16/h2-3,6-7H,4-5,8-9H2,1H3/t16-/m1/s1. The molecule has 0 saturated carbocycles. The fraction of sp³-hybridized carbons (Fsp3) is 0.375. The van der Waals surface area contributed by atoms with Crippen molar-refractivity contribution in [3.05, 3.63) is 39.6 Å². The van der Waals surface area contributed by atoms with Crippen molar-refractivity contribution in [2.45, 2.75) is 18.8 Å². The van der Waals surface area contributed by atoms with E-state index in [1.807, 2.05) is 17.0 Å². The lowest BCUT2D eigenvalue weighted by Crippen LogP contribution is -2.36. The van der Waals surface area contributed by atoms with Gasteiger partial charge in [0.25, 0.3) is 0 Å². The van der Waals surface area contributed by atoms with Crippen molar-refractivity contribution in [2.75, 3.05) is 24.5 Å². The van der Waals surface area contributed by atoms with E-state index >= 15 is 0 Å². The first-order valence-electron chi connectivity index (χ1n) is 7.43. The minimum Gasteiger partial charge on any atom is -0.342 e. The quantitative estimate of drug-likeness (QED) is 0.738. The van der Waals surface area contributed by atoms with Gasteiger partial charge in [0, 0.05) is 42.1 Å². The molecule has 1 atom stereocenters. The first-order chi connectivity index (χ1) is 11.0. The maximum atomic E-state index is 13.4. The number of likely N-dealkylation sites (tertiary alicyclic amines) is 1. The van der Waals surface area contributed by atoms with E-state index in [0.717, 1.165) is 41.0 Å². The van der Waals surface area contributed by atoms with Gasteiger partial charge in [-0.2, -0.15) is 4.39 Å². The van der Waals surface area contributed by atoms with Gasteiger partial charge in [0.1, 0.15) is 0 Å². The molecule has 1 spiro atoms. The Balaban J connectivity index is 1.79. The lowest BCUT2D eigenvalue weighted by atomic mass is 9.81. The Labute approximate surface area is 146 Å². The smallest absolute Gasteiger partial charge is 0.219 e. The molecular formula is C16H15BrFN3OS. The van der Waals surface area contributed by atoms with Gasteiger partial charge in [-0.15, -0.1) is 0 Å². The molecule has 23 heavy (non-hydrogen) atoms. The average Bonchev–Trinajstić information content (AvgIpc) is 3.19. The number of anilines is 2. The van der Waals surface area contributed by atoms with Crippen molar-refractivity contribution in [2.24, 2.45) is 0 Å². The Kier molecular flexibility index (Phi) is 3.46. The summed E-state index contributed by atoms with van der Waals surface area (Å²) in [6.07, 6.45) is 2.18. The molecule has 7 heteroatoms. The van der Waals surface area contributed by atoms with Gasteiger partial charge in [-0.25, -0.2) is 4.98 Å². The summed E-state index contributed by atoms with van der Waals surface area (Å²) in [5.74, 6) is 0.108. The molecule has 0 radical (unpaired) electrons. The third-order valence-electron chi connectivity index (χ3n) is 4.78. The van der Waals surface area contributed by atoms with E-state index in [1.165, 1.54) is 11.8 Å². The molecule has 0 N–H and O–H groups in total. The third kappa shape index (κ3) is 2.37. The minimum absolute atomic E-state index is 0.104. The number of hydrogen-bond acceptors (Lipinski definition) is 4. The first-order valence-corrected chi connectivity index (χ1v) is 9.04. The number of benzene rings is 1. The van der Waals surface area contributed by atoms with Crippen LogP contribution in [0.1, 0.15) is 18.9 Å². The van der Waals surface area contributed by atoms with Crippen LogP contribution in [0, 0.1) is 5.13 Å². The maximum absolute atomic E-state index is 13.4. The van der Waals surface area contributed by atoms with E-state index < -0.39 is 0 Å². The van der Waals surface area contributed by atoms with Gasteiger partial charge in [0.2, 0.25) is 5.91 Å². The van der Waals surface area contributed by atoms with Crippen LogP contribution in [-0.4, -0.2) is 35.4 Å². The first kappa shape index (κ1) is 15.1. The molecule has 4 rings (SSSR count). The molecule has 4 nitrogen and oxygen atoms in total. The highest BCUT2D eigenvalue weighted by atomic mass is 79.9. The summed E-state index contributed by atoms with van der Waals surface area (Å²) in [6, 6.07) is 6.17. The number of aromatic nitrogens is 1. The summed E-state index contributed by atoms with van der Waals surface area (Å²) in [5, 5.41) is 0.389. The minimum atomic E-state index is -0.281. The summed E-state index contributed by atoms with van der Waals surface area (Å²) < 4.78 is 14.4. The zero-order valence-corrected chi connectivity index (χ0v) is 15.0. The van der Waals surface area contributed by atoms with Crippen molar-refractivity contribution >= 4 is 44.0 Å². The molecule has 2 aliphatic heterocycles. The van der Waals surface area contributed by atoms with Gasteiger partial charge < -0.3 is 9.80 Å². The van der Waals surface area contributed by atoms with Crippen molar-refractivity contribution in [1.82, 2.24) is 9.88 Å². The van der Waals surface area contributed by atoms with Gasteiger partial charge in [-0.05, 0) is 30.2 Å². The molecule has 2 aliphatic rings. The molecular weight excluding hydrogens is 381 g/mol. The lowest BCUT2D eigenvalue weighted by Gasteiger charge is -2.25. The van der Waals surface area contributed by atoms with Crippen LogP contribution in [0.2, 0.25) is 0 Å². The summed E-state index contributed by atoms with van der Waals surface area (Å²) in [4.78, 5) is 19.9. The average molecular weight is 396 g/mol. The van der Waals surface area contributed by atoms with Crippen molar-refractivity contribution < 1.29 is 9.18 Å². The van der Waals surface area contributed by atoms with Crippen LogP contribution in [0.4, 0.5) is 15.2 Å². The number of thiazole rings is 1. The van der Waals surface area contributed by atoms with Crippen LogP contribution in [0.25, 0.3) is 0 Å². The monoisotopic (exact) mass is 395 g/mol. The molecule has 1 aromatic carbocycles. The van der Waals surface area contributed by atoms with Crippen LogP contribution in [0.15, 0.2) is 28.9 Å². The van der Waals surface area contributed by atoms with Crippen LogP contribution in [0.5, 0.6) is 0 Å². The molecule has 0 aliphatic carbocycles. The number of amides is 1. The number of carbonyl (C=O) groups is 1. The Morgan fingerprint density at radius 1 is 1.43 bits per heavy atom. The third-order valence-corrected chi connectivity index (χ3v) is 6.08. The second kappa shape index (κ2) is 5.27. The van der Waals surface area contributed by atoms with Crippen LogP contribution in [-0.2, 0) is 10.2 Å². The van der Waals surface area contributed by atoms with Crippen molar-refractivity contribution in [3.63, 3.8) is 0 Å². The Hall–Kier alpha value is -1.47. The van der Waals surface area contributed by atoms with E-state index in [9.17, 15) is 9.18 Å². The van der Waals surface area contributed by atoms with Gasteiger partial charge in [0.05, 0.1) is 6.20 Å². The van der Waals surface area contributed by atoms with Gasteiger partial charge in [-0.1, -0.05) is 27.3 Å². The van der Waals surface area contributed by atoms with E-state index in [2.05, 4.69) is 31.9 Å². The molecule has 1 amide bonds. The predicted molar refractivity (Wildman–Crippen MR) is 91.8 cm³/mol. The molecule has 2 aromatic rings. The van der Waals surface area contributed by atoms with E-state index in [-0.39, 0.29) is 16.5 Å². The molecule has 3 heterocycles. The fourth-order valence-electron chi connectivity index (χ4n) is 3.67. The highest BCUT2D eigenvalue weighted by Crippen LogP contribution is 2.50. The topological polar surface area (TPSA) is 36.4 Å². The maximum Gasteiger partial charge on any atom is 0.219 e. The van der Waals surface area contributed by atoms with Crippen LogP contribution >= 0.6 is 27.3 Å². The zero-order chi connectivity index (χ0) is 16.2. The Bertz CT molecular complexity index is 795. The van der Waals surface area contributed by atoms with Gasteiger partial charge >= 0.3 is 0 Å². The number of rotatable bonds is 1. The van der Waals surface area contributed by atoms with E-state index in [1.54, 1.807) is 6.92 Å². The van der Waals surface area contributed by atoms with Crippen LogP contribution < -0.4 is 4.90 Å². The zero-order valence-electron chi connectivity index (χ0n) is 12.6. The van der Waals surface area contributed by atoms with E-state index in [0.29, 0.717) is 11.7 Å². The van der Waals surface area contributed by atoms with E-state index in [4.69, 9.17) is 0 Å². The predicted octanol–water partition coefficient (Wildman–Crippen LogP) is 3.69. The second-order valence-electron chi connectivity index (χ2n) is 6.17. The number of nitrogens with zero attached hydrogens (tertiary/aromatic N) is 3. The summed E-state index contributed by atoms with van der Waals surface area (Å²) in [6.45, 7) is 3.82. The second-order valence-corrected chi connectivity index (χ2v) is 8.04. The molecule has 1 aromatic heterocycles. The van der Waals surface area contributed by atoms with Crippen molar-refractivity contribution in [1.29, 1.82) is 0 Å². The fourth-order valence-corrected chi connectivity index (χ4v) is 4.69. The number of carbonyl (C=O) groups excluding carboxylic acids is 1. The highest BCUT2D eigenvalue weighted by Gasteiger charge is 2.48. The van der Waals surface area contributed by atoms with Gasteiger partial charge in [-0.3, -0.25) is 4.79 Å². The molecule has 1 fully saturated rings. The highest BCUT2D eigenvalue weighted by molar-refractivity contribution is 9.10. The molecule has 0 bridgehead atoms. The summed E-state index contributed by atoms with van der Waals surface area (Å²) in [7, 11) is 0. The number of hydrogen-bond donors (Lipinski definition) is 0. The van der Waals surface area contributed by atoms with Crippen LogP contribution in [0.3, 0.4) is 0 Å². The Morgan fingerprint density at radius 2 is 2.26 bits per heavy atom. The normalized spacial score (nSPS) is 22.9. The summed E-state index contributed by atoms with van der Waals surface area (Å²) >= 11 is 4.61.